The molecule has 7 nitrogen and oxygen atoms in total. The number of allylic oxidation sites excluding steroid dienone is 1. The molecule has 0 bridgehead atoms. The Balaban J connectivity index is 2.39. The Kier molecular flexibility index (Phi) is 4.24. The van der Waals surface area contributed by atoms with Crippen molar-refractivity contribution in [3.63, 3.8) is 0 Å². The van der Waals surface area contributed by atoms with Crippen molar-refractivity contribution in [1.29, 1.82) is 5.26 Å². The van der Waals surface area contributed by atoms with Crippen molar-refractivity contribution in [3.05, 3.63) is 79.9 Å². The Labute approximate surface area is 125 Å². The average molecular weight is 295 g/mol. The molecular weight excluding hydrogens is 286 g/mol. The number of hydrogen-bond donors (Lipinski definition) is 0. The number of hydrogen-bond acceptors (Lipinski definition) is 5. The Morgan fingerprint density at radius 1 is 1.00 bits per heavy atom. The lowest BCUT2D eigenvalue weighted by Gasteiger charge is -2.00. The van der Waals surface area contributed by atoms with Crippen LogP contribution in [-0.4, -0.2) is 9.85 Å². The van der Waals surface area contributed by atoms with Gasteiger partial charge in [0, 0.05) is 24.3 Å². The van der Waals surface area contributed by atoms with Crippen LogP contribution in [0, 0.1) is 31.6 Å². The zero-order chi connectivity index (χ0) is 16.1. The standard InChI is InChI=1S/C15H9N3O4/c16-10-13(12-4-6-14(7-5-12)17(19)20)8-11-2-1-3-15(9-11)18(21)22/h1-9H/b13-8+. The minimum atomic E-state index is -0.528. The minimum absolute atomic E-state index is 0.0728. The highest BCUT2D eigenvalue weighted by Crippen LogP contribution is 2.22. The van der Waals surface area contributed by atoms with Crippen LogP contribution in [0.1, 0.15) is 11.1 Å². The highest BCUT2D eigenvalue weighted by molar-refractivity contribution is 5.89. The van der Waals surface area contributed by atoms with Gasteiger partial charge >= 0.3 is 0 Å². The van der Waals surface area contributed by atoms with E-state index in [2.05, 4.69) is 0 Å². The summed E-state index contributed by atoms with van der Waals surface area (Å²) >= 11 is 0. The molecular formula is C15H9N3O4. The molecule has 0 fully saturated rings. The van der Waals surface area contributed by atoms with Gasteiger partial charge in [0.25, 0.3) is 11.4 Å². The number of non-ortho nitro benzene ring substituents is 2. The van der Waals surface area contributed by atoms with Crippen LogP contribution in [-0.2, 0) is 0 Å². The Bertz CT molecular complexity index is 804. The summed E-state index contributed by atoms with van der Waals surface area (Å²) in [5, 5.41) is 30.6. The fourth-order valence-corrected chi connectivity index (χ4v) is 1.84. The first-order valence-electron chi connectivity index (χ1n) is 6.12. The summed E-state index contributed by atoms with van der Waals surface area (Å²) in [4.78, 5) is 20.3. The molecule has 2 rings (SSSR count). The third-order valence-corrected chi connectivity index (χ3v) is 2.90. The molecule has 0 amide bonds. The number of nitriles is 1. The molecule has 108 valence electrons. The quantitative estimate of drug-likeness (QED) is 0.370. The van der Waals surface area contributed by atoms with E-state index in [1.54, 1.807) is 6.07 Å². The molecule has 0 heterocycles. The largest absolute Gasteiger partial charge is 0.270 e. The van der Waals surface area contributed by atoms with Crippen LogP contribution in [0.25, 0.3) is 11.6 Å². The van der Waals surface area contributed by atoms with Crippen LogP contribution in [0.15, 0.2) is 48.5 Å². The van der Waals surface area contributed by atoms with E-state index >= 15 is 0 Å². The minimum Gasteiger partial charge on any atom is -0.258 e. The van der Waals surface area contributed by atoms with Crippen LogP contribution < -0.4 is 0 Å². The van der Waals surface area contributed by atoms with Gasteiger partial charge in [-0.25, -0.2) is 0 Å². The molecule has 0 unspecified atom stereocenters. The van der Waals surface area contributed by atoms with E-state index in [0.717, 1.165) is 0 Å². The average Bonchev–Trinajstić information content (AvgIpc) is 2.53. The van der Waals surface area contributed by atoms with Crippen LogP contribution in [0.4, 0.5) is 11.4 Å². The zero-order valence-corrected chi connectivity index (χ0v) is 11.2. The lowest BCUT2D eigenvalue weighted by Crippen LogP contribution is -1.89. The van der Waals surface area contributed by atoms with Crippen LogP contribution in [0.5, 0.6) is 0 Å². The van der Waals surface area contributed by atoms with E-state index in [4.69, 9.17) is 0 Å². The molecule has 0 aromatic heterocycles. The van der Waals surface area contributed by atoms with Crippen molar-refractivity contribution in [1.82, 2.24) is 0 Å². The van der Waals surface area contributed by atoms with Gasteiger partial charge in [-0.2, -0.15) is 5.26 Å². The van der Waals surface area contributed by atoms with Gasteiger partial charge in [0.05, 0.1) is 21.5 Å². The van der Waals surface area contributed by atoms with Crippen LogP contribution in [0.3, 0.4) is 0 Å². The smallest absolute Gasteiger partial charge is 0.258 e. The Hall–Kier alpha value is -3.53. The summed E-state index contributed by atoms with van der Waals surface area (Å²) in [7, 11) is 0. The summed E-state index contributed by atoms with van der Waals surface area (Å²) in [6.45, 7) is 0. The van der Waals surface area contributed by atoms with Gasteiger partial charge in [0.1, 0.15) is 0 Å². The van der Waals surface area contributed by atoms with Gasteiger partial charge in [-0.05, 0) is 29.3 Å². The van der Waals surface area contributed by atoms with E-state index in [1.807, 2.05) is 6.07 Å². The number of benzene rings is 2. The number of nitro benzene ring substituents is 2. The van der Waals surface area contributed by atoms with Crippen LogP contribution >= 0.6 is 0 Å². The van der Waals surface area contributed by atoms with E-state index in [1.165, 1.54) is 48.5 Å². The molecule has 2 aromatic rings. The normalized spacial score (nSPS) is 10.8. The first-order valence-corrected chi connectivity index (χ1v) is 6.12. The number of nitro groups is 2. The van der Waals surface area contributed by atoms with E-state index in [9.17, 15) is 25.5 Å². The third kappa shape index (κ3) is 3.32. The fourth-order valence-electron chi connectivity index (χ4n) is 1.84. The molecule has 0 radical (unpaired) electrons. The fraction of sp³-hybridized carbons (Fsp3) is 0. The Morgan fingerprint density at radius 2 is 1.64 bits per heavy atom. The zero-order valence-electron chi connectivity index (χ0n) is 11.2. The molecule has 22 heavy (non-hydrogen) atoms. The van der Waals surface area contributed by atoms with Crippen molar-refractivity contribution in [3.8, 4) is 6.07 Å². The molecule has 0 N–H and O–H groups in total. The SMILES string of the molecule is N#C/C(=C\c1cccc([N+](=O)[O-])c1)c1ccc([N+](=O)[O-])cc1. The van der Waals surface area contributed by atoms with Crippen molar-refractivity contribution in [2.24, 2.45) is 0 Å². The number of nitrogens with zero attached hydrogens (tertiary/aromatic N) is 3. The molecule has 0 atom stereocenters. The molecule has 0 aliphatic carbocycles. The second-order valence-corrected chi connectivity index (χ2v) is 4.33. The molecule has 0 saturated carbocycles. The highest BCUT2D eigenvalue weighted by atomic mass is 16.6. The van der Waals surface area contributed by atoms with Crippen molar-refractivity contribution < 1.29 is 9.85 Å². The second-order valence-electron chi connectivity index (χ2n) is 4.33. The second kappa shape index (κ2) is 6.28. The highest BCUT2D eigenvalue weighted by Gasteiger charge is 2.08. The first kappa shape index (κ1) is 14.9. The van der Waals surface area contributed by atoms with Crippen LogP contribution in [0.2, 0.25) is 0 Å². The van der Waals surface area contributed by atoms with Gasteiger partial charge < -0.3 is 0 Å². The number of rotatable bonds is 4. The van der Waals surface area contributed by atoms with Crippen molar-refractivity contribution in [2.75, 3.05) is 0 Å². The predicted octanol–water partition coefficient (Wildman–Crippen LogP) is 3.57. The maximum absolute atomic E-state index is 10.7. The van der Waals surface area contributed by atoms with E-state index in [0.29, 0.717) is 11.1 Å². The van der Waals surface area contributed by atoms with E-state index < -0.39 is 9.85 Å². The summed E-state index contributed by atoms with van der Waals surface area (Å²) in [6.07, 6.45) is 1.49. The molecule has 0 saturated heterocycles. The molecule has 0 aliphatic heterocycles. The van der Waals surface area contributed by atoms with E-state index in [-0.39, 0.29) is 16.9 Å². The molecule has 0 spiro atoms. The van der Waals surface area contributed by atoms with Crippen molar-refractivity contribution in [2.45, 2.75) is 0 Å². The molecule has 7 heteroatoms. The molecule has 0 aliphatic rings. The lowest BCUT2D eigenvalue weighted by atomic mass is 10.0. The topological polar surface area (TPSA) is 110 Å². The third-order valence-electron chi connectivity index (χ3n) is 2.90. The van der Waals surface area contributed by atoms with Gasteiger partial charge in [-0.15, -0.1) is 0 Å². The Morgan fingerprint density at radius 3 is 2.18 bits per heavy atom. The van der Waals surface area contributed by atoms with Gasteiger partial charge in [-0.1, -0.05) is 12.1 Å². The maximum Gasteiger partial charge on any atom is 0.270 e. The summed E-state index contributed by atoms with van der Waals surface area (Å²) in [5.41, 5.74) is 1.12. The van der Waals surface area contributed by atoms with Gasteiger partial charge in [0.15, 0.2) is 0 Å². The summed E-state index contributed by atoms with van der Waals surface area (Å²) in [5.74, 6) is 0. The van der Waals surface area contributed by atoms with Crippen molar-refractivity contribution >= 4 is 23.0 Å². The summed E-state index contributed by atoms with van der Waals surface area (Å²) < 4.78 is 0. The molecule has 2 aromatic carbocycles. The monoisotopic (exact) mass is 295 g/mol. The lowest BCUT2D eigenvalue weighted by molar-refractivity contribution is -0.385. The first-order chi connectivity index (χ1) is 10.5. The predicted molar refractivity (Wildman–Crippen MR) is 79.7 cm³/mol. The summed E-state index contributed by atoms with van der Waals surface area (Å²) in [6, 6.07) is 13.4. The van der Waals surface area contributed by atoms with Gasteiger partial charge in [-0.3, -0.25) is 20.2 Å². The van der Waals surface area contributed by atoms with Gasteiger partial charge in [0.2, 0.25) is 0 Å². The maximum atomic E-state index is 10.7.